The van der Waals surface area contributed by atoms with Gasteiger partial charge in [0.05, 0.1) is 5.56 Å². The average Bonchev–Trinajstić information content (AvgIpc) is 3.05. The maximum absolute atomic E-state index is 12.0. The van der Waals surface area contributed by atoms with Crippen LogP contribution >= 0.6 is 11.6 Å². The fraction of sp³-hybridized carbons (Fsp3) is 0.263. The van der Waals surface area contributed by atoms with E-state index in [0.717, 1.165) is 18.7 Å². The van der Waals surface area contributed by atoms with E-state index in [-0.39, 0.29) is 19.1 Å². The van der Waals surface area contributed by atoms with Gasteiger partial charge in [-0.3, -0.25) is 4.79 Å². The molecule has 1 fully saturated rings. The lowest BCUT2D eigenvalue weighted by atomic mass is 10.2. The Hall–Kier alpha value is -2.53. The van der Waals surface area contributed by atoms with E-state index in [1.165, 1.54) is 0 Å². The van der Waals surface area contributed by atoms with Crippen molar-refractivity contribution in [2.45, 2.75) is 12.8 Å². The van der Waals surface area contributed by atoms with Crippen molar-refractivity contribution in [3.8, 4) is 5.75 Å². The fourth-order valence-corrected chi connectivity index (χ4v) is 2.81. The second-order valence-corrected chi connectivity index (χ2v) is 6.07. The van der Waals surface area contributed by atoms with Gasteiger partial charge < -0.3 is 14.4 Å². The van der Waals surface area contributed by atoms with E-state index in [2.05, 4.69) is 0 Å². The highest BCUT2D eigenvalue weighted by Gasteiger charge is 2.21. The third-order valence-electron chi connectivity index (χ3n) is 3.87. The molecule has 1 amide bonds. The number of esters is 1. The van der Waals surface area contributed by atoms with Crippen LogP contribution in [-0.2, 0) is 9.53 Å². The standard InChI is InChI=1S/C19H18ClNO4/c20-15-3-1-4-17(13-15)24-11-12-25-19(23)14-6-8-16(9-7-14)21-10-2-5-18(21)22/h1,3-4,6-9,13H,2,5,10-12H2. The first kappa shape index (κ1) is 17.3. The molecule has 6 heteroatoms. The van der Waals surface area contributed by atoms with Crippen molar-refractivity contribution < 1.29 is 19.1 Å². The van der Waals surface area contributed by atoms with Gasteiger partial charge in [0.15, 0.2) is 0 Å². The number of nitrogens with zero attached hydrogens (tertiary/aromatic N) is 1. The summed E-state index contributed by atoms with van der Waals surface area (Å²) >= 11 is 5.87. The molecule has 0 saturated carbocycles. The van der Waals surface area contributed by atoms with Crippen LogP contribution in [0, 0.1) is 0 Å². The second-order valence-electron chi connectivity index (χ2n) is 5.64. The summed E-state index contributed by atoms with van der Waals surface area (Å²) in [5, 5.41) is 0.589. The zero-order valence-corrected chi connectivity index (χ0v) is 14.4. The van der Waals surface area contributed by atoms with Crippen molar-refractivity contribution in [1.82, 2.24) is 0 Å². The minimum Gasteiger partial charge on any atom is -0.490 e. The van der Waals surface area contributed by atoms with Crippen LogP contribution in [0.25, 0.3) is 0 Å². The second kappa shape index (κ2) is 8.03. The van der Waals surface area contributed by atoms with Gasteiger partial charge in [0, 0.05) is 23.7 Å². The Labute approximate surface area is 151 Å². The molecule has 0 aromatic heterocycles. The number of amides is 1. The monoisotopic (exact) mass is 359 g/mol. The number of hydrogen-bond acceptors (Lipinski definition) is 4. The van der Waals surface area contributed by atoms with Gasteiger partial charge in [-0.2, -0.15) is 0 Å². The summed E-state index contributed by atoms with van der Waals surface area (Å²) in [6, 6.07) is 13.9. The number of carbonyl (C=O) groups excluding carboxylic acids is 2. The zero-order valence-electron chi connectivity index (χ0n) is 13.6. The lowest BCUT2D eigenvalue weighted by molar-refractivity contribution is -0.117. The maximum atomic E-state index is 12.0. The van der Waals surface area contributed by atoms with Crippen LogP contribution in [0.2, 0.25) is 5.02 Å². The minimum absolute atomic E-state index is 0.119. The summed E-state index contributed by atoms with van der Waals surface area (Å²) in [7, 11) is 0. The number of ether oxygens (including phenoxy) is 2. The summed E-state index contributed by atoms with van der Waals surface area (Å²) in [5.74, 6) is 0.325. The Morgan fingerprint density at radius 3 is 2.60 bits per heavy atom. The van der Waals surface area contributed by atoms with Crippen molar-refractivity contribution >= 4 is 29.2 Å². The Morgan fingerprint density at radius 2 is 1.92 bits per heavy atom. The van der Waals surface area contributed by atoms with Crippen LogP contribution in [0.3, 0.4) is 0 Å². The molecular formula is C19H18ClNO4. The van der Waals surface area contributed by atoms with Crippen molar-refractivity contribution in [1.29, 1.82) is 0 Å². The van der Waals surface area contributed by atoms with E-state index in [1.54, 1.807) is 53.4 Å². The van der Waals surface area contributed by atoms with Gasteiger partial charge in [-0.15, -0.1) is 0 Å². The molecule has 2 aromatic rings. The van der Waals surface area contributed by atoms with Gasteiger partial charge in [0.2, 0.25) is 5.91 Å². The van der Waals surface area contributed by atoms with Crippen LogP contribution in [0.1, 0.15) is 23.2 Å². The molecule has 25 heavy (non-hydrogen) atoms. The molecule has 1 aliphatic heterocycles. The molecule has 2 aromatic carbocycles. The SMILES string of the molecule is O=C(OCCOc1cccc(Cl)c1)c1ccc(N2CCCC2=O)cc1. The molecule has 0 N–H and O–H groups in total. The molecule has 1 saturated heterocycles. The number of hydrogen-bond donors (Lipinski definition) is 0. The van der Waals surface area contributed by atoms with E-state index in [4.69, 9.17) is 21.1 Å². The number of carbonyl (C=O) groups is 2. The van der Waals surface area contributed by atoms with Gasteiger partial charge in [-0.1, -0.05) is 17.7 Å². The van der Waals surface area contributed by atoms with Crippen LogP contribution in [0.5, 0.6) is 5.75 Å². The van der Waals surface area contributed by atoms with Crippen LogP contribution in [-0.4, -0.2) is 31.6 Å². The summed E-state index contributed by atoms with van der Waals surface area (Å²) in [4.78, 5) is 25.5. The molecule has 0 radical (unpaired) electrons. The topological polar surface area (TPSA) is 55.8 Å². The molecule has 0 unspecified atom stereocenters. The lowest BCUT2D eigenvalue weighted by Gasteiger charge is -2.15. The molecule has 0 bridgehead atoms. The maximum Gasteiger partial charge on any atom is 0.338 e. The highest BCUT2D eigenvalue weighted by atomic mass is 35.5. The predicted octanol–water partition coefficient (Wildman–Crippen LogP) is 3.70. The van der Waals surface area contributed by atoms with E-state index >= 15 is 0 Å². The highest BCUT2D eigenvalue weighted by Crippen LogP contribution is 2.22. The van der Waals surface area contributed by atoms with Gasteiger partial charge in [-0.05, 0) is 48.9 Å². The average molecular weight is 360 g/mol. The molecule has 130 valence electrons. The Balaban J connectivity index is 1.47. The summed E-state index contributed by atoms with van der Waals surface area (Å²) in [6.45, 7) is 1.10. The van der Waals surface area contributed by atoms with E-state index < -0.39 is 5.97 Å². The van der Waals surface area contributed by atoms with Crippen molar-refractivity contribution in [2.24, 2.45) is 0 Å². The Morgan fingerprint density at radius 1 is 1.12 bits per heavy atom. The van der Waals surface area contributed by atoms with Crippen molar-refractivity contribution in [2.75, 3.05) is 24.7 Å². The molecule has 1 heterocycles. The molecule has 0 atom stereocenters. The lowest BCUT2D eigenvalue weighted by Crippen LogP contribution is -2.23. The third-order valence-corrected chi connectivity index (χ3v) is 4.10. The van der Waals surface area contributed by atoms with Crippen molar-refractivity contribution in [3.05, 3.63) is 59.1 Å². The van der Waals surface area contributed by atoms with Gasteiger partial charge in [0.25, 0.3) is 0 Å². The van der Waals surface area contributed by atoms with E-state index in [9.17, 15) is 9.59 Å². The zero-order chi connectivity index (χ0) is 17.6. The summed E-state index contributed by atoms with van der Waals surface area (Å²) in [5.41, 5.74) is 1.25. The molecule has 1 aliphatic rings. The van der Waals surface area contributed by atoms with E-state index in [1.807, 2.05) is 0 Å². The summed E-state index contributed by atoms with van der Waals surface area (Å²) < 4.78 is 10.7. The first-order valence-electron chi connectivity index (χ1n) is 8.09. The summed E-state index contributed by atoms with van der Waals surface area (Å²) in [6.07, 6.45) is 1.45. The minimum atomic E-state index is -0.422. The van der Waals surface area contributed by atoms with Crippen LogP contribution in [0.4, 0.5) is 5.69 Å². The molecule has 0 spiro atoms. The fourth-order valence-electron chi connectivity index (χ4n) is 2.63. The van der Waals surface area contributed by atoms with Gasteiger partial charge in [-0.25, -0.2) is 4.79 Å². The third kappa shape index (κ3) is 4.51. The Bertz CT molecular complexity index is 760. The quantitative estimate of drug-likeness (QED) is 0.583. The molecule has 3 rings (SSSR count). The highest BCUT2D eigenvalue weighted by molar-refractivity contribution is 6.30. The van der Waals surface area contributed by atoms with Crippen molar-refractivity contribution in [3.63, 3.8) is 0 Å². The molecular weight excluding hydrogens is 342 g/mol. The van der Waals surface area contributed by atoms with Gasteiger partial charge in [0.1, 0.15) is 19.0 Å². The largest absolute Gasteiger partial charge is 0.490 e. The first-order chi connectivity index (χ1) is 12.1. The first-order valence-corrected chi connectivity index (χ1v) is 8.47. The smallest absolute Gasteiger partial charge is 0.338 e. The number of rotatable bonds is 6. The molecule has 5 nitrogen and oxygen atoms in total. The number of benzene rings is 2. The van der Waals surface area contributed by atoms with Gasteiger partial charge >= 0.3 is 5.97 Å². The normalized spacial score (nSPS) is 13.8. The van der Waals surface area contributed by atoms with E-state index in [0.29, 0.717) is 22.8 Å². The Kier molecular flexibility index (Phi) is 5.56. The number of halogens is 1. The number of anilines is 1. The van der Waals surface area contributed by atoms with Crippen LogP contribution < -0.4 is 9.64 Å². The molecule has 0 aliphatic carbocycles. The van der Waals surface area contributed by atoms with Crippen LogP contribution in [0.15, 0.2) is 48.5 Å². The predicted molar refractivity (Wildman–Crippen MR) is 95.3 cm³/mol.